The van der Waals surface area contributed by atoms with Gasteiger partial charge in [-0.15, -0.1) is 0 Å². The minimum absolute atomic E-state index is 0.453. The molecular weight excluding hydrogens is 282 g/mol. The van der Waals surface area contributed by atoms with Crippen LogP contribution in [0.1, 0.15) is 37.7 Å². The van der Waals surface area contributed by atoms with E-state index < -0.39 is 0 Å². The summed E-state index contributed by atoms with van der Waals surface area (Å²) in [5.41, 5.74) is 5.91. The van der Waals surface area contributed by atoms with Crippen LogP contribution in [0, 0.1) is 13.8 Å². The van der Waals surface area contributed by atoms with Crippen molar-refractivity contribution in [2.75, 3.05) is 0 Å². The standard InChI is InChI=1S/C17H24ClN3/c1-6-21-13(5)17(12(4)20-21)16-9-15(18)8-7-14(16)10-19-11(2)3/h7-9,11,19H,6,10H2,1-5H3. The molecule has 0 saturated heterocycles. The Morgan fingerprint density at radius 1 is 1.29 bits per heavy atom. The number of aryl methyl sites for hydroxylation is 2. The van der Waals surface area contributed by atoms with Crippen LogP contribution in [-0.2, 0) is 13.1 Å². The van der Waals surface area contributed by atoms with Crippen LogP contribution < -0.4 is 5.32 Å². The molecule has 1 heterocycles. The summed E-state index contributed by atoms with van der Waals surface area (Å²) in [5.74, 6) is 0. The van der Waals surface area contributed by atoms with Crippen molar-refractivity contribution in [1.82, 2.24) is 15.1 Å². The molecule has 0 saturated carbocycles. The van der Waals surface area contributed by atoms with Crippen molar-refractivity contribution < 1.29 is 0 Å². The molecule has 0 fully saturated rings. The van der Waals surface area contributed by atoms with E-state index in [0.29, 0.717) is 6.04 Å². The highest BCUT2D eigenvalue weighted by molar-refractivity contribution is 6.30. The van der Waals surface area contributed by atoms with E-state index in [1.807, 2.05) is 10.7 Å². The minimum Gasteiger partial charge on any atom is -0.310 e. The number of nitrogens with one attached hydrogen (secondary N) is 1. The van der Waals surface area contributed by atoms with Crippen LogP contribution >= 0.6 is 11.6 Å². The molecule has 21 heavy (non-hydrogen) atoms. The van der Waals surface area contributed by atoms with Gasteiger partial charge in [-0.05, 0) is 44.0 Å². The Labute approximate surface area is 132 Å². The third-order valence-electron chi connectivity index (χ3n) is 3.72. The molecule has 2 rings (SSSR count). The smallest absolute Gasteiger partial charge is 0.0675 e. The van der Waals surface area contributed by atoms with E-state index in [1.165, 1.54) is 22.4 Å². The second kappa shape index (κ2) is 6.63. The van der Waals surface area contributed by atoms with Gasteiger partial charge in [0.05, 0.1) is 5.69 Å². The topological polar surface area (TPSA) is 29.9 Å². The summed E-state index contributed by atoms with van der Waals surface area (Å²) < 4.78 is 2.05. The van der Waals surface area contributed by atoms with E-state index in [0.717, 1.165) is 23.8 Å². The van der Waals surface area contributed by atoms with Crippen molar-refractivity contribution in [3.05, 3.63) is 40.2 Å². The van der Waals surface area contributed by atoms with E-state index in [1.54, 1.807) is 0 Å². The third kappa shape index (κ3) is 3.47. The van der Waals surface area contributed by atoms with Crippen molar-refractivity contribution in [3.8, 4) is 11.1 Å². The fourth-order valence-corrected chi connectivity index (χ4v) is 2.82. The molecule has 0 spiro atoms. The predicted octanol–water partition coefficient (Wildman–Crippen LogP) is 4.34. The summed E-state index contributed by atoms with van der Waals surface area (Å²) in [7, 11) is 0. The van der Waals surface area contributed by atoms with E-state index in [-0.39, 0.29) is 0 Å². The van der Waals surface area contributed by atoms with Crippen molar-refractivity contribution in [2.45, 2.75) is 53.8 Å². The highest BCUT2D eigenvalue weighted by Gasteiger charge is 2.16. The molecule has 0 atom stereocenters. The summed E-state index contributed by atoms with van der Waals surface area (Å²) in [4.78, 5) is 0. The Morgan fingerprint density at radius 3 is 2.57 bits per heavy atom. The summed E-state index contributed by atoms with van der Waals surface area (Å²) in [6.45, 7) is 12.3. The average molecular weight is 306 g/mol. The molecule has 3 nitrogen and oxygen atoms in total. The third-order valence-corrected chi connectivity index (χ3v) is 3.96. The summed E-state index contributed by atoms with van der Waals surface area (Å²) >= 11 is 6.23. The number of benzene rings is 1. The number of rotatable bonds is 5. The van der Waals surface area contributed by atoms with Gasteiger partial charge in [0.25, 0.3) is 0 Å². The first-order chi connectivity index (χ1) is 9.93. The number of nitrogens with zero attached hydrogens (tertiary/aromatic N) is 2. The molecule has 0 aliphatic carbocycles. The monoisotopic (exact) mass is 305 g/mol. The van der Waals surface area contributed by atoms with Gasteiger partial charge in [-0.3, -0.25) is 4.68 Å². The Morgan fingerprint density at radius 2 is 2.00 bits per heavy atom. The van der Waals surface area contributed by atoms with Crippen LogP contribution in [0.4, 0.5) is 0 Å². The molecule has 0 radical (unpaired) electrons. The molecule has 1 aromatic heterocycles. The lowest BCUT2D eigenvalue weighted by Gasteiger charge is -2.14. The van der Waals surface area contributed by atoms with Gasteiger partial charge in [0.1, 0.15) is 0 Å². The first kappa shape index (κ1) is 16.1. The van der Waals surface area contributed by atoms with Crippen molar-refractivity contribution >= 4 is 11.6 Å². The number of halogens is 1. The van der Waals surface area contributed by atoms with Gasteiger partial charge in [0.15, 0.2) is 0 Å². The van der Waals surface area contributed by atoms with Gasteiger partial charge in [-0.2, -0.15) is 5.10 Å². The summed E-state index contributed by atoms with van der Waals surface area (Å²) in [6, 6.07) is 6.57. The van der Waals surface area contributed by atoms with Gasteiger partial charge >= 0.3 is 0 Å². The maximum atomic E-state index is 6.23. The van der Waals surface area contributed by atoms with Gasteiger partial charge in [-0.1, -0.05) is 31.5 Å². The lowest BCUT2D eigenvalue weighted by molar-refractivity contribution is 0.589. The number of hydrogen-bond donors (Lipinski definition) is 1. The lowest BCUT2D eigenvalue weighted by Crippen LogP contribution is -2.22. The zero-order valence-electron chi connectivity index (χ0n) is 13.5. The van der Waals surface area contributed by atoms with E-state index in [4.69, 9.17) is 11.6 Å². The fraction of sp³-hybridized carbons (Fsp3) is 0.471. The maximum absolute atomic E-state index is 6.23. The maximum Gasteiger partial charge on any atom is 0.0675 e. The van der Waals surface area contributed by atoms with Crippen LogP contribution in [0.2, 0.25) is 5.02 Å². The van der Waals surface area contributed by atoms with Crippen LogP contribution in [0.3, 0.4) is 0 Å². The number of aromatic nitrogens is 2. The SMILES string of the molecule is CCn1nc(C)c(-c2cc(Cl)ccc2CNC(C)C)c1C. The normalized spacial score (nSPS) is 11.4. The van der Waals surface area contributed by atoms with Crippen molar-refractivity contribution in [3.63, 3.8) is 0 Å². The van der Waals surface area contributed by atoms with Gasteiger partial charge in [0.2, 0.25) is 0 Å². The molecule has 0 aliphatic heterocycles. The van der Waals surface area contributed by atoms with Crippen LogP contribution in [0.25, 0.3) is 11.1 Å². The first-order valence-corrected chi connectivity index (χ1v) is 7.88. The second-order valence-electron chi connectivity index (χ2n) is 5.70. The first-order valence-electron chi connectivity index (χ1n) is 7.50. The fourth-order valence-electron chi connectivity index (χ4n) is 2.64. The summed E-state index contributed by atoms with van der Waals surface area (Å²) in [6.07, 6.45) is 0. The molecule has 1 aromatic carbocycles. The molecule has 0 unspecified atom stereocenters. The molecule has 0 amide bonds. The molecule has 4 heteroatoms. The molecule has 0 aliphatic rings. The van der Waals surface area contributed by atoms with E-state index in [2.05, 4.69) is 57.2 Å². The summed E-state index contributed by atoms with van der Waals surface area (Å²) in [5, 5.41) is 8.87. The molecule has 2 aromatic rings. The largest absolute Gasteiger partial charge is 0.310 e. The highest BCUT2D eigenvalue weighted by atomic mass is 35.5. The van der Waals surface area contributed by atoms with E-state index in [9.17, 15) is 0 Å². The highest BCUT2D eigenvalue weighted by Crippen LogP contribution is 2.32. The van der Waals surface area contributed by atoms with Crippen molar-refractivity contribution in [2.24, 2.45) is 0 Å². The average Bonchev–Trinajstić information content (AvgIpc) is 2.71. The molecule has 1 N–H and O–H groups in total. The zero-order chi connectivity index (χ0) is 15.6. The minimum atomic E-state index is 0.453. The number of hydrogen-bond acceptors (Lipinski definition) is 2. The lowest BCUT2D eigenvalue weighted by atomic mass is 9.98. The zero-order valence-corrected chi connectivity index (χ0v) is 14.3. The molecule has 0 bridgehead atoms. The van der Waals surface area contributed by atoms with Gasteiger partial charge in [0, 0.05) is 35.4 Å². The predicted molar refractivity (Wildman–Crippen MR) is 89.8 cm³/mol. The second-order valence-corrected chi connectivity index (χ2v) is 6.14. The Balaban J connectivity index is 2.52. The Hall–Kier alpha value is -1.32. The quantitative estimate of drug-likeness (QED) is 0.890. The van der Waals surface area contributed by atoms with Crippen LogP contribution in [-0.4, -0.2) is 15.8 Å². The van der Waals surface area contributed by atoms with Crippen LogP contribution in [0.5, 0.6) is 0 Å². The van der Waals surface area contributed by atoms with Gasteiger partial charge in [-0.25, -0.2) is 0 Å². The van der Waals surface area contributed by atoms with Gasteiger partial charge < -0.3 is 5.32 Å². The Kier molecular flexibility index (Phi) is 5.07. The molecule has 114 valence electrons. The van der Waals surface area contributed by atoms with E-state index >= 15 is 0 Å². The van der Waals surface area contributed by atoms with Crippen molar-refractivity contribution in [1.29, 1.82) is 0 Å². The van der Waals surface area contributed by atoms with Crippen LogP contribution in [0.15, 0.2) is 18.2 Å². The Bertz CT molecular complexity index is 629. The molecular formula is C17H24ClN3.